The summed E-state index contributed by atoms with van der Waals surface area (Å²) >= 11 is 0. The molecule has 1 radical (unpaired) electrons. The van der Waals surface area contributed by atoms with Gasteiger partial charge in [0.05, 0.1) is 28.0 Å². The number of para-hydroxylation sites is 3. The molecule has 6 heteroatoms. The largest absolute Gasteiger partial charge is 0.454 e. The van der Waals surface area contributed by atoms with E-state index in [0.29, 0.717) is 0 Å². The second kappa shape index (κ2) is 11.2. The molecule has 0 saturated heterocycles. The Bertz CT molecular complexity index is 2490. The third-order valence-corrected chi connectivity index (χ3v) is 8.05. The second-order valence-corrected chi connectivity index (χ2v) is 11.9. The third kappa shape index (κ3) is 4.87. The Morgan fingerprint density at radius 3 is 2.29 bits per heavy atom. The molecular weight excluding hydrogens is 733 g/mol. The van der Waals surface area contributed by atoms with Crippen molar-refractivity contribution in [1.29, 1.82) is 0 Å². The number of hydrogen-bond acceptors (Lipinski definition) is 4. The molecule has 9 aromatic rings. The van der Waals surface area contributed by atoms with Crippen molar-refractivity contribution in [1.82, 2.24) is 19.4 Å². The first-order valence-corrected chi connectivity index (χ1v) is 14.7. The van der Waals surface area contributed by atoms with Crippen molar-refractivity contribution in [2.24, 2.45) is 0 Å². The number of furan rings is 1. The van der Waals surface area contributed by atoms with Crippen LogP contribution in [-0.4, -0.2) is 19.4 Å². The van der Waals surface area contributed by atoms with Crippen LogP contribution in [0.4, 0.5) is 0 Å². The molecule has 0 spiro atoms. The van der Waals surface area contributed by atoms with E-state index in [-0.39, 0.29) is 25.5 Å². The van der Waals surface area contributed by atoms with Crippen molar-refractivity contribution in [2.75, 3.05) is 0 Å². The van der Waals surface area contributed by atoms with Gasteiger partial charge in [-0.05, 0) is 29.7 Å². The van der Waals surface area contributed by atoms with E-state index in [0.717, 1.165) is 77.4 Å². The van der Waals surface area contributed by atoms with Crippen LogP contribution in [0.2, 0.25) is 0 Å². The van der Waals surface area contributed by atoms with Crippen LogP contribution in [0.5, 0.6) is 0 Å². The molecule has 0 amide bonds. The molecule has 0 aliphatic rings. The number of imidazole rings is 1. The summed E-state index contributed by atoms with van der Waals surface area (Å²) in [7, 11) is 0. The van der Waals surface area contributed by atoms with Crippen LogP contribution in [0.25, 0.3) is 71.7 Å². The van der Waals surface area contributed by atoms with Gasteiger partial charge in [-0.2, -0.15) is 0 Å². The van der Waals surface area contributed by atoms with Crippen molar-refractivity contribution >= 4 is 60.3 Å². The summed E-state index contributed by atoms with van der Waals surface area (Å²) in [5, 5.41) is 5.58. The molecule has 0 aliphatic heterocycles. The monoisotopic (exact) mass is 761 g/mol. The van der Waals surface area contributed by atoms with E-state index >= 15 is 0 Å². The van der Waals surface area contributed by atoms with Gasteiger partial charge in [0.2, 0.25) is 0 Å². The number of nitrogens with zero attached hydrogens (tertiary/aromatic N) is 4. The van der Waals surface area contributed by atoms with Crippen molar-refractivity contribution in [2.45, 2.75) is 26.2 Å². The van der Waals surface area contributed by atoms with Crippen LogP contribution in [0.1, 0.15) is 26.5 Å². The van der Waals surface area contributed by atoms with Crippen LogP contribution >= 0.6 is 0 Å². The normalized spacial score (nSPS) is 11.7. The quantitative estimate of drug-likeness (QED) is 0.124. The zero-order chi connectivity index (χ0) is 29.8. The number of rotatable bonds is 1. The smallest absolute Gasteiger partial charge is 0.158 e. The van der Waals surface area contributed by atoms with Gasteiger partial charge in [0, 0.05) is 48.2 Å². The Morgan fingerprint density at radius 2 is 1.44 bits per heavy atom. The van der Waals surface area contributed by atoms with E-state index in [9.17, 15) is 0 Å². The Labute approximate surface area is 273 Å². The minimum absolute atomic E-state index is 0. The van der Waals surface area contributed by atoms with Crippen molar-refractivity contribution in [3.05, 3.63) is 133 Å². The number of pyridine rings is 1. The SMILES string of the molecule is CC(C)(C)c1ccnc(-c2[c-]cccc2)n1.[Ir].[c-]1cccc2c1c1nc3ccccc3n1c1c2ccc2c3ccccc3oc21. The summed E-state index contributed by atoms with van der Waals surface area (Å²) in [5.74, 6) is 0.744. The number of hydrogen-bond donors (Lipinski definition) is 0. The zero-order valence-electron chi connectivity index (χ0n) is 25.0. The summed E-state index contributed by atoms with van der Waals surface area (Å²) in [5.41, 5.74) is 7.87. The average molecular weight is 761 g/mol. The summed E-state index contributed by atoms with van der Waals surface area (Å²) < 4.78 is 8.61. The fourth-order valence-electron chi connectivity index (χ4n) is 5.92. The van der Waals surface area contributed by atoms with E-state index in [4.69, 9.17) is 9.40 Å². The molecule has 5 aromatic carbocycles. The van der Waals surface area contributed by atoms with Gasteiger partial charge in [-0.3, -0.25) is 15.0 Å². The number of aromatic nitrogens is 4. The Balaban J connectivity index is 0.000000165. The molecule has 0 fully saturated rings. The molecule has 0 unspecified atom stereocenters. The minimum atomic E-state index is 0. The number of benzene rings is 5. The Morgan fingerprint density at radius 1 is 0.689 bits per heavy atom. The predicted molar refractivity (Wildman–Crippen MR) is 179 cm³/mol. The second-order valence-electron chi connectivity index (χ2n) is 11.9. The zero-order valence-corrected chi connectivity index (χ0v) is 27.4. The summed E-state index contributed by atoms with van der Waals surface area (Å²) in [6.45, 7) is 6.44. The van der Waals surface area contributed by atoms with Crippen LogP contribution < -0.4 is 0 Å². The molecule has 9 rings (SSSR count). The van der Waals surface area contributed by atoms with Gasteiger partial charge in [-0.15, -0.1) is 65.5 Å². The molecule has 0 aliphatic carbocycles. The summed E-state index contributed by atoms with van der Waals surface area (Å²) in [6, 6.07) is 43.2. The van der Waals surface area contributed by atoms with Crippen LogP contribution in [-0.2, 0) is 25.5 Å². The summed E-state index contributed by atoms with van der Waals surface area (Å²) in [6.07, 6.45) is 1.81. The molecule has 4 heterocycles. The van der Waals surface area contributed by atoms with Gasteiger partial charge in [0.15, 0.2) is 5.58 Å². The van der Waals surface area contributed by atoms with Crippen molar-refractivity contribution in [3.63, 3.8) is 0 Å². The maximum absolute atomic E-state index is 6.38. The van der Waals surface area contributed by atoms with Crippen molar-refractivity contribution in [3.8, 4) is 11.4 Å². The minimum Gasteiger partial charge on any atom is -0.454 e. The third-order valence-electron chi connectivity index (χ3n) is 8.05. The maximum Gasteiger partial charge on any atom is 0.158 e. The van der Waals surface area contributed by atoms with Crippen LogP contribution in [0.15, 0.2) is 120 Å². The number of fused-ring (bicyclic) bond motifs is 12. The average Bonchev–Trinajstić information content (AvgIpc) is 3.64. The van der Waals surface area contributed by atoms with Gasteiger partial charge < -0.3 is 8.82 Å². The molecule has 45 heavy (non-hydrogen) atoms. The van der Waals surface area contributed by atoms with E-state index in [1.165, 1.54) is 0 Å². The fraction of sp³-hybridized carbons (Fsp3) is 0.103. The standard InChI is InChI=1S/C25H13N2O.C14H15N2.Ir/c1-2-9-19-15(7-1)17-13-14-18-16-8-3-6-12-22(16)28-24(18)23(17)27-21-11-5-4-10-20(21)26-25(19)27;1-14(2,3)12-9-10-15-13(16-12)11-7-5-4-6-8-11;/h1-8,10-14H;4-7,9-10H,1-3H3;/q2*-1;. The Hall–Kier alpha value is -4.90. The molecular formula is C39H28IrN4O-2. The maximum atomic E-state index is 6.38. The van der Waals surface area contributed by atoms with E-state index in [2.05, 4.69) is 95.8 Å². The molecule has 0 bridgehead atoms. The molecule has 221 valence electrons. The summed E-state index contributed by atoms with van der Waals surface area (Å²) in [4.78, 5) is 13.8. The van der Waals surface area contributed by atoms with E-state index in [1.807, 2.05) is 66.9 Å². The fourth-order valence-corrected chi connectivity index (χ4v) is 5.92. The first-order chi connectivity index (χ1) is 21.5. The molecule has 5 nitrogen and oxygen atoms in total. The van der Waals surface area contributed by atoms with Crippen LogP contribution in [0.3, 0.4) is 0 Å². The first kappa shape index (κ1) is 28.8. The van der Waals surface area contributed by atoms with Gasteiger partial charge >= 0.3 is 0 Å². The van der Waals surface area contributed by atoms with Gasteiger partial charge in [-0.1, -0.05) is 68.6 Å². The molecule has 4 aromatic heterocycles. The molecule has 0 atom stereocenters. The first-order valence-electron chi connectivity index (χ1n) is 14.7. The Kier molecular flexibility index (Phi) is 7.20. The topological polar surface area (TPSA) is 56.2 Å². The molecule has 0 saturated carbocycles. The van der Waals surface area contributed by atoms with Gasteiger partial charge in [0.25, 0.3) is 0 Å². The van der Waals surface area contributed by atoms with Crippen LogP contribution in [0, 0.1) is 12.1 Å². The van der Waals surface area contributed by atoms with E-state index in [1.54, 1.807) is 0 Å². The molecule has 0 N–H and O–H groups in total. The van der Waals surface area contributed by atoms with Gasteiger partial charge in [-0.25, -0.2) is 0 Å². The van der Waals surface area contributed by atoms with E-state index < -0.39 is 0 Å². The van der Waals surface area contributed by atoms with Gasteiger partial charge in [0.1, 0.15) is 5.58 Å². The van der Waals surface area contributed by atoms with Crippen molar-refractivity contribution < 1.29 is 24.5 Å². The predicted octanol–water partition coefficient (Wildman–Crippen LogP) is 9.73.